The van der Waals surface area contributed by atoms with Gasteiger partial charge in [0, 0.05) is 19.2 Å². The van der Waals surface area contributed by atoms with Gasteiger partial charge in [-0.05, 0) is 66.5 Å². The molecular formula is C28H31N3O3S. The van der Waals surface area contributed by atoms with Gasteiger partial charge in [0.2, 0.25) is 0 Å². The monoisotopic (exact) mass is 489 g/mol. The van der Waals surface area contributed by atoms with Crippen molar-refractivity contribution in [2.45, 2.75) is 26.8 Å². The van der Waals surface area contributed by atoms with Gasteiger partial charge < -0.3 is 15.0 Å². The van der Waals surface area contributed by atoms with Crippen molar-refractivity contribution in [1.82, 2.24) is 10.6 Å². The summed E-state index contributed by atoms with van der Waals surface area (Å²) in [4.78, 5) is 27.2. The number of amides is 2. The third-order valence-electron chi connectivity index (χ3n) is 5.41. The molecular weight excluding hydrogens is 458 g/mol. The molecule has 0 aliphatic rings. The summed E-state index contributed by atoms with van der Waals surface area (Å²) in [5.74, 6) is 0.732. The Morgan fingerprint density at radius 2 is 1.57 bits per heavy atom. The summed E-state index contributed by atoms with van der Waals surface area (Å²) in [5.41, 5.74) is 2.53. The lowest BCUT2D eigenvalue weighted by atomic mass is 10.1. The molecule has 0 saturated heterocycles. The summed E-state index contributed by atoms with van der Waals surface area (Å²) in [6, 6.07) is 23.8. The highest BCUT2D eigenvalue weighted by Gasteiger charge is 2.18. The van der Waals surface area contributed by atoms with E-state index in [2.05, 4.69) is 24.5 Å². The van der Waals surface area contributed by atoms with Crippen molar-refractivity contribution < 1.29 is 14.3 Å². The molecule has 3 aromatic carbocycles. The molecule has 6 nitrogen and oxygen atoms in total. The van der Waals surface area contributed by atoms with Gasteiger partial charge in [-0.2, -0.15) is 0 Å². The third-order valence-corrected chi connectivity index (χ3v) is 5.79. The van der Waals surface area contributed by atoms with Crippen LogP contribution in [0.4, 0.5) is 5.69 Å². The highest BCUT2D eigenvalue weighted by molar-refractivity contribution is 7.80. The average Bonchev–Trinajstić information content (AvgIpc) is 2.87. The molecule has 0 saturated carbocycles. The third kappa shape index (κ3) is 7.65. The molecule has 7 heteroatoms. The number of nitrogens with one attached hydrogen (secondary N) is 2. The fourth-order valence-electron chi connectivity index (χ4n) is 3.31. The van der Waals surface area contributed by atoms with Gasteiger partial charge in [-0.25, -0.2) is 0 Å². The largest absolute Gasteiger partial charge is 0.494 e. The number of nitrogens with zero attached hydrogens (tertiary/aromatic N) is 1. The van der Waals surface area contributed by atoms with Crippen molar-refractivity contribution in [3.8, 4) is 5.75 Å². The summed E-state index contributed by atoms with van der Waals surface area (Å²) < 4.78 is 5.71. The predicted octanol–water partition coefficient (Wildman–Crippen LogP) is 5.19. The molecule has 0 heterocycles. The first-order chi connectivity index (χ1) is 16.8. The molecule has 0 atom stereocenters. The van der Waals surface area contributed by atoms with Gasteiger partial charge in [0.05, 0.1) is 17.9 Å². The first-order valence-corrected chi connectivity index (χ1v) is 12.0. The van der Waals surface area contributed by atoms with Crippen LogP contribution in [0, 0.1) is 5.92 Å². The molecule has 0 aliphatic carbocycles. The van der Waals surface area contributed by atoms with E-state index in [4.69, 9.17) is 17.0 Å². The fraction of sp³-hybridized carbons (Fsp3) is 0.250. The molecule has 0 spiro atoms. The minimum Gasteiger partial charge on any atom is -0.494 e. The SMILES string of the molecule is CC(C)CCOc1ccc(C(=O)NC(=S)N(C)c2ccccc2C(=O)NCc2ccccc2)cc1. The number of rotatable bonds is 9. The first-order valence-electron chi connectivity index (χ1n) is 11.6. The van der Waals surface area contributed by atoms with Gasteiger partial charge in [0.15, 0.2) is 5.11 Å². The maximum absolute atomic E-state index is 12.9. The number of hydrogen-bond acceptors (Lipinski definition) is 4. The lowest BCUT2D eigenvalue weighted by Crippen LogP contribution is -2.41. The van der Waals surface area contributed by atoms with E-state index in [1.54, 1.807) is 54.4 Å². The minimum absolute atomic E-state index is 0.190. The number of carbonyl (C=O) groups excluding carboxylic acids is 2. The summed E-state index contributed by atoms with van der Waals surface area (Å²) in [7, 11) is 1.72. The fourth-order valence-corrected chi connectivity index (χ4v) is 3.50. The molecule has 0 bridgehead atoms. The number of anilines is 1. The molecule has 35 heavy (non-hydrogen) atoms. The summed E-state index contributed by atoms with van der Waals surface area (Å²) in [5, 5.41) is 5.87. The van der Waals surface area contributed by atoms with Crippen molar-refractivity contribution in [1.29, 1.82) is 0 Å². The highest BCUT2D eigenvalue weighted by atomic mass is 32.1. The number of hydrogen-bond donors (Lipinski definition) is 2. The van der Waals surface area contributed by atoms with E-state index >= 15 is 0 Å². The van der Waals surface area contributed by atoms with Crippen LogP contribution in [0.5, 0.6) is 5.75 Å². The molecule has 0 aliphatic heterocycles. The van der Waals surface area contributed by atoms with Gasteiger partial charge in [-0.15, -0.1) is 0 Å². The standard InChI is InChI=1S/C28H31N3O3S/c1-20(2)17-18-34-23-15-13-22(14-16-23)26(32)30-28(35)31(3)25-12-8-7-11-24(25)27(33)29-19-21-9-5-4-6-10-21/h4-16,20H,17-19H2,1-3H3,(H,29,33)(H,30,32,35). The topological polar surface area (TPSA) is 70.7 Å². The zero-order valence-electron chi connectivity index (χ0n) is 20.3. The quantitative estimate of drug-likeness (QED) is 0.405. The Kier molecular flexibility index (Phi) is 9.38. The van der Waals surface area contributed by atoms with Crippen LogP contribution in [-0.4, -0.2) is 30.6 Å². The van der Waals surface area contributed by atoms with E-state index < -0.39 is 0 Å². The van der Waals surface area contributed by atoms with Crippen molar-refractivity contribution >= 4 is 34.8 Å². The van der Waals surface area contributed by atoms with E-state index in [0.29, 0.717) is 35.9 Å². The normalized spacial score (nSPS) is 10.5. The number of thiocarbonyl (C=S) groups is 1. The van der Waals surface area contributed by atoms with E-state index in [-0.39, 0.29) is 16.9 Å². The zero-order chi connectivity index (χ0) is 25.2. The van der Waals surface area contributed by atoms with Gasteiger partial charge in [0.25, 0.3) is 11.8 Å². The number of benzene rings is 3. The smallest absolute Gasteiger partial charge is 0.257 e. The maximum atomic E-state index is 12.9. The van der Waals surface area contributed by atoms with Crippen LogP contribution < -0.4 is 20.3 Å². The second-order valence-electron chi connectivity index (χ2n) is 8.56. The Morgan fingerprint density at radius 3 is 2.26 bits per heavy atom. The molecule has 3 rings (SSSR count). The molecule has 2 N–H and O–H groups in total. The molecule has 0 unspecified atom stereocenters. The van der Waals surface area contributed by atoms with Crippen LogP contribution in [0.15, 0.2) is 78.9 Å². The summed E-state index contributed by atoms with van der Waals surface area (Å²) >= 11 is 5.47. The maximum Gasteiger partial charge on any atom is 0.257 e. The lowest BCUT2D eigenvalue weighted by Gasteiger charge is -2.23. The molecule has 0 radical (unpaired) electrons. The molecule has 0 fully saturated rings. The van der Waals surface area contributed by atoms with Gasteiger partial charge in [-0.1, -0.05) is 56.3 Å². The van der Waals surface area contributed by atoms with Crippen LogP contribution in [0.25, 0.3) is 0 Å². The summed E-state index contributed by atoms with van der Waals surface area (Å²) in [6.45, 7) is 5.34. The number of carbonyl (C=O) groups is 2. The van der Waals surface area contributed by atoms with E-state index in [1.807, 2.05) is 36.4 Å². The summed E-state index contributed by atoms with van der Waals surface area (Å²) in [6.07, 6.45) is 0.967. The Hall–Kier alpha value is -3.71. The van der Waals surface area contributed by atoms with Crippen molar-refractivity contribution in [2.24, 2.45) is 5.92 Å². The van der Waals surface area contributed by atoms with Crippen LogP contribution in [0.3, 0.4) is 0 Å². The van der Waals surface area contributed by atoms with Crippen LogP contribution in [0.1, 0.15) is 46.5 Å². The second kappa shape index (κ2) is 12.7. The highest BCUT2D eigenvalue weighted by Crippen LogP contribution is 2.20. The lowest BCUT2D eigenvalue weighted by molar-refractivity contribution is 0.0949. The molecule has 182 valence electrons. The Balaban J connectivity index is 1.61. The van der Waals surface area contributed by atoms with Crippen molar-refractivity contribution in [3.05, 3.63) is 95.6 Å². The molecule has 0 aromatic heterocycles. The van der Waals surface area contributed by atoms with Gasteiger partial charge >= 0.3 is 0 Å². The Morgan fingerprint density at radius 1 is 0.914 bits per heavy atom. The number of ether oxygens (including phenoxy) is 1. The van der Waals surface area contributed by atoms with Crippen molar-refractivity contribution in [2.75, 3.05) is 18.6 Å². The van der Waals surface area contributed by atoms with Crippen LogP contribution >= 0.6 is 12.2 Å². The molecule has 2 amide bonds. The van der Waals surface area contributed by atoms with Crippen molar-refractivity contribution in [3.63, 3.8) is 0 Å². The Bertz CT molecular complexity index is 1150. The van der Waals surface area contributed by atoms with E-state index in [1.165, 1.54) is 0 Å². The van der Waals surface area contributed by atoms with E-state index in [0.717, 1.165) is 17.7 Å². The average molecular weight is 490 g/mol. The number of para-hydroxylation sites is 1. The second-order valence-corrected chi connectivity index (χ2v) is 8.95. The predicted molar refractivity (Wildman–Crippen MR) is 144 cm³/mol. The Labute approximate surface area is 212 Å². The van der Waals surface area contributed by atoms with Crippen LogP contribution in [-0.2, 0) is 6.54 Å². The first kappa shape index (κ1) is 25.9. The minimum atomic E-state index is -0.332. The van der Waals surface area contributed by atoms with Crippen LogP contribution in [0.2, 0.25) is 0 Å². The van der Waals surface area contributed by atoms with Gasteiger partial charge in [0.1, 0.15) is 5.75 Å². The molecule has 3 aromatic rings. The zero-order valence-corrected chi connectivity index (χ0v) is 21.1. The van der Waals surface area contributed by atoms with E-state index in [9.17, 15) is 9.59 Å². The van der Waals surface area contributed by atoms with Gasteiger partial charge in [-0.3, -0.25) is 14.9 Å².